The summed E-state index contributed by atoms with van der Waals surface area (Å²) in [6.07, 6.45) is 9.66. The zero-order chi connectivity index (χ0) is 38.2. The summed E-state index contributed by atoms with van der Waals surface area (Å²) in [4.78, 5) is 47.2. The third kappa shape index (κ3) is 9.13. The van der Waals surface area contributed by atoms with Crippen LogP contribution in [0.1, 0.15) is 85.0 Å². The number of amides is 4. The molecule has 0 aromatic heterocycles. The van der Waals surface area contributed by atoms with Gasteiger partial charge in [-0.25, -0.2) is 40.5 Å². The molecule has 0 saturated carbocycles. The number of imide groups is 1. The molecule has 52 heavy (non-hydrogen) atoms. The van der Waals surface area contributed by atoms with Crippen molar-refractivity contribution in [2.45, 2.75) is 113 Å². The topological polar surface area (TPSA) is 175 Å². The van der Waals surface area contributed by atoms with Crippen LogP contribution in [0.25, 0.3) is 0 Å². The van der Waals surface area contributed by atoms with Crippen LogP contribution in [0.3, 0.4) is 0 Å². The van der Waals surface area contributed by atoms with Gasteiger partial charge in [-0.05, 0) is 50.6 Å². The smallest absolute Gasteiger partial charge is 0.330 e. The number of anilines is 1. The van der Waals surface area contributed by atoms with Gasteiger partial charge >= 0.3 is 6.03 Å². The minimum absolute atomic E-state index is 0.00236. The molecule has 0 bridgehead atoms. The number of ether oxygens (including phenoxy) is 1. The fourth-order valence-corrected chi connectivity index (χ4v) is 9.31. The van der Waals surface area contributed by atoms with Crippen LogP contribution in [0.2, 0.25) is 5.02 Å². The van der Waals surface area contributed by atoms with Gasteiger partial charge < -0.3 is 10.1 Å². The van der Waals surface area contributed by atoms with Gasteiger partial charge in [-0.1, -0.05) is 88.4 Å². The Morgan fingerprint density at radius 2 is 1.60 bits per heavy atom. The van der Waals surface area contributed by atoms with E-state index in [4.69, 9.17) is 16.3 Å². The minimum Gasteiger partial charge on any atom is -0.353 e. The van der Waals surface area contributed by atoms with Crippen molar-refractivity contribution in [3.05, 3.63) is 47.5 Å². The van der Waals surface area contributed by atoms with Crippen LogP contribution in [0.4, 0.5) is 16.2 Å². The zero-order valence-corrected chi connectivity index (χ0v) is 32.7. The van der Waals surface area contributed by atoms with Gasteiger partial charge in [0.05, 0.1) is 21.3 Å². The fraction of sp³-hybridized carbons (Fsp3) is 0.543. The highest BCUT2D eigenvalue weighted by Crippen LogP contribution is 2.36. The molecule has 2 atom stereocenters. The maximum atomic E-state index is 14.3. The lowest BCUT2D eigenvalue weighted by Crippen LogP contribution is -2.60. The van der Waals surface area contributed by atoms with E-state index in [9.17, 15) is 31.2 Å². The molecule has 2 aromatic rings. The van der Waals surface area contributed by atoms with Crippen LogP contribution in [-0.2, 0) is 34.4 Å². The van der Waals surface area contributed by atoms with Crippen molar-refractivity contribution in [3.8, 4) is 0 Å². The second-order valence-electron chi connectivity index (χ2n) is 13.1. The summed E-state index contributed by atoms with van der Waals surface area (Å²) in [7, 11) is -5.83. The van der Waals surface area contributed by atoms with E-state index in [0.29, 0.717) is 11.3 Å². The van der Waals surface area contributed by atoms with E-state index >= 15 is 0 Å². The average Bonchev–Trinajstić information content (AvgIpc) is 3.30. The van der Waals surface area contributed by atoms with Gasteiger partial charge in [-0.3, -0.25) is 14.5 Å². The van der Waals surface area contributed by atoms with Gasteiger partial charge in [0, 0.05) is 26.7 Å². The summed E-state index contributed by atoms with van der Waals surface area (Å²) < 4.78 is 63.1. The summed E-state index contributed by atoms with van der Waals surface area (Å²) in [5.74, 6) is -2.42. The molecule has 17 heteroatoms. The first kappa shape index (κ1) is 41.2. The monoisotopic (exact) mass is 780 g/mol. The predicted molar refractivity (Wildman–Crippen MR) is 199 cm³/mol. The van der Waals surface area contributed by atoms with E-state index in [2.05, 4.69) is 22.0 Å². The maximum absolute atomic E-state index is 14.3. The quantitative estimate of drug-likeness (QED) is 0.132. The van der Waals surface area contributed by atoms with Gasteiger partial charge in [-0.15, -0.1) is 0 Å². The van der Waals surface area contributed by atoms with Crippen LogP contribution < -0.4 is 10.0 Å². The Balaban J connectivity index is 1.59. The van der Waals surface area contributed by atoms with Crippen molar-refractivity contribution in [1.82, 2.24) is 18.8 Å². The van der Waals surface area contributed by atoms with Gasteiger partial charge in [-0.2, -0.15) is 0 Å². The normalized spacial score (nSPS) is 17.8. The van der Waals surface area contributed by atoms with E-state index < -0.39 is 62.0 Å². The number of unbranched alkanes of at least 4 members (excludes halogenated alkanes) is 9. The number of amidine groups is 1. The Hall–Kier alpha value is -3.57. The Bertz CT molecular complexity index is 1870. The van der Waals surface area contributed by atoms with Gasteiger partial charge in [0.2, 0.25) is 16.3 Å². The summed E-state index contributed by atoms with van der Waals surface area (Å²) >= 11 is 6.44. The van der Waals surface area contributed by atoms with Crippen molar-refractivity contribution < 1.29 is 36.0 Å². The number of hydrogen-bond acceptors (Lipinski definition) is 9. The number of fused-ring (bicyclic) bond motifs is 1. The molecule has 0 spiro atoms. The molecular weight excluding hydrogens is 732 g/mol. The predicted octanol–water partition coefficient (Wildman–Crippen LogP) is 5.86. The van der Waals surface area contributed by atoms with Crippen LogP contribution in [0, 0.1) is 0 Å². The summed E-state index contributed by atoms with van der Waals surface area (Å²) in [5.41, 5.74) is -0.146. The number of likely N-dealkylation sites (N-methyl/N-ethyl adjacent to an activating group) is 1. The van der Waals surface area contributed by atoms with E-state index in [1.165, 1.54) is 83.0 Å². The van der Waals surface area contributed by atoms with Crippen LogP contribution in [0.15, 0.2) is 57.2 Å². The molecule has 2 aromatic carbocycles. The lowest BCUT2D eigenvalue weighted by molar-refractivity contribution is -0.141. The highest BCUT2D eigenvalue weighted by Gasteiger charge is 2.53. The first-order chi connectivity index (χ1) is 24.7. The third-order valence-corrected chi connectivity index (χ3v) is 12.8. The molecule has 0 radical (unpaired) electrons. The maximum Gasteiger partial charge on any atom is 0.330 e. The van der Waals surface area contributed by atoms with Gasteiger partial charge in [0.25, 0.3) is 21.8 Å². The minimum atomic E-state index is -4.32. The number of nitrogens with one attached hydrogen (secondary N) is 2. The number of halogens is 1. The van der Waals surface area contributed by atoms with Crippen molar-refractivity contribution >= 4 is 66.7 Å². The number of hydrogen-bond donors (Lipinski definition) is 2. The Morgan fingerprint density at radius 3 is 2.19 bits per heavy atom. The first-order valence-electron chi connectivity index (χ1n) is 17.6. The van der Waals surface area contributed by atoms with Crippen LogP contribution in [0.5, 0.6) is 0 Å². The van der Waals surface area contributed by atoms with Crippen molar-refractivity contribution in [1.29, 1.82) is 0 Å². The highest BCUT2D eigenvalue weighted by atomic mass is 35.5. The molecule has 1 saturated heterocycles. The lowest BCUT2D eigenvalue weighted by Gasteiger charge is -2.37. The van der Waals surface area contributed by atoms with Crippen molar-refractivity contribution in [3.63, 3.8) is 0 Å². The largest absolute Gasteiger partial charge is 0.353 e. The number of urea groups is 1. The second kappa shape index (κ2) is 18.0. The van der Waals surface area contributed by atoms with E-state index in [1.54, 1.807) is 19.9 Å². The molecule has 4 rings (SSSR count). The van der Waals surface area contributed by atoms with Crippen LogP contribution >= 0.6 is 11.6 Å². The Kier molecular flexibility index (Phi) is 14.2. The van der Waals surface area contributed by atoms with Gasteiger partial charge in [0.15, 0.2) is 11.9 Å². The molecule has 286 valence electrons. The standard InChI is InChI=1S/C35H49ClN6O8S2/c1-6-7-8-9-10-11-12-13-14-17-22-37-51(46,47)25-20-21-26(36)28(23-25)39-32(43)30(41-33(44)34(50-5)40(4)35(41)45)31-38-27-18-15-16-19-29(27)52(48,49)42(31)24(2)3/h15-16,18-21,23-24,30,34,37H,6-14,17,22H2,1-5H3,(H,39,43). The summed E-state index contributed by atoms with van der Waals surface area (Å²) in [5, 5.41) is 2.49. The summed E-state index contributed by atoms with van der Waals surface area (Å²) in [6.45, 7) is 5.53. The number of carbonyl (C=O) groups excluding carboxylic acids is 3. The second-order valence-corrected chi connectivity index (χ2v) is 17.1. The SMILES string of the molecule is CCCCCCCCCCCCNS(=O)(=O)c1ccc(Cl)c(NC(=O)C(C2=Nc3ccccc3S(=O)(=O)N2C(C)C)N2C(=O)C(OC)N(C)C2=O)c1. The fourth-order valence-electron chi connectivity index (χ4n) is 6.26. The Labute approximate surface area is 312 Å². The van der Waals surface area contributed by atoms with E-state index in [1.807, 2.05) is 0 Å². The number of benzene rings is 2. The lowest BCUT2D eigenvalue weighted by atomic mass is 10.1. The van der Waals surface area contributed by atoms with Gasteiger partial charge in [0.1, 0.15) is 4.90 Å². The summed E-state index contributed by atoms with van der Waals surface area (Å²) in [6, 6.07) is 5.93. The molecule has 2 aliphatic rings. The van der Waals surface area contributed by atoms with E-state index in [0.717, 1.165) is 34.5 Å². The number of aliphatic imine (C=N–C) groups is 1. The highest BCUT2D eigenvalue weighted by molar-refractivity contribution is 7.90. The number of methoxy groups -OCH3 is 1. The molecule has 2 heterocycles. The average molecular weight is 781 g/mol. The number of nitrogens with zero attached hydrogens (tertiary/aromatic N) is 4. The number of carbonyl (C=O) groups is 3. The molecule has 2 unspecified atom stereocenters. The number of rotatable bonds is 19. The molecular formula is C35H49ClN6O8S2. The number of para-hydroxylation sites is 1. The van der Waals surface area contributed by atoms with Crippen LogP contribution in [-0.4, -0.2) is 93.6 Å². The first-order valence-corrected chi connectivity index (χ1v) is 20.9. The molecule has 1 fully saturated rings. The third-order valence-electron chi connectivity index (χ3n) is 8.94. The van der Waals surface area contributed by atoms with Crippen molar-refractivity contribution in [2.75, 3.05) is 26.0 Å². The van der Waals surface area contributed by atoms with Crippen molar-refractivity contribution in [2.24, 2.45) is 4.99 Å². The Morgan fingerprint density at radius 1 is 0.981 bits per heavy atom. The molecule has 0 aliphatic carbocycles. The molecule has 4 amide bonds. The van der Waals surface area contributed by atoms with E-state index in [-0.39, 0.29) is 32.7 Å². The molecule has 2 aliphatic heterocycles. The zero-order valence-electron chi connectivity index (χ0n) is 30.3. The number of sulfonamides is 2. The molecule has 2 N–H and O–H groups in total. The molecule has 14 nitrogen and oxygen atoms in total.